The Bertz CT molecular complexity index is 381. The zero-order chi connectivity index (χ0) is 11.0. The lowest BCUT2D eigenvalue weighted by atomic mass is 9.98. The van der Waals surface area contributed by atoms with Crippen molar-refractivity contribution in [2.75, 3.05) is 6.79 Å². The van der Waals surface area contributed by atoms with Crippen molar-refractivity contribution in [3.8, 4) is 5.75 Å². The van der Waals surface area contributed by atoms with Crippen molar-refractivity contribution in [3.05, 3.63) is 27.3 Å². The molecule has 0 spiro atoms. The Morgan fingerprint density at radius 1 is 1.33 bits per heavy atom. The largest absolute Gasteiger partial charge is 0.467 e. The Kier molecular flexibility index (Phi) is 2.87. The number of ether oxygens (including phenoxy) is 2. The fourth-order valence-corrected chi connectivity index (χ4v) is 2.14. The predicted octanol–water partition coefficient (Wildman–Crippen LogP) is 2.28. The summed E-state index contributed by atoms with van der Waals surface area (Å²) in [5, 5.41) is 0.767. The van der Waals surface area contributed by atoms with E-state index >= 15 is 0 Å². The fourth-order valence-electron chi connectivity index (χ4n) is 1.91. The monoisotopic (exact) mass is 227 g/mol. The molecule has 0 unspecified atom stereocenters. The second-order valence-electron chi connectivity index (χ2n) is 3.66. The first-order valence-electron chi connectivity index (χ1n) is 4.87. The van der Waals surface area contributed by atoms with Crippen molar-refractivity contribution in [2.24, 2.45) is 5.73 Å². The predicted molar refractivity (Wildman–Crippen MR) is 59.1 cm³/mol. The van der Waals surface area contributed by atoms with Crippen molar-refractivity contribution in [1.29, 1.82) is 0 Å². The van der Waals surface area contributed by atoms with E-state index in [1.54, 1.807) is 0 Å². The molecule has 1 aliphatic heterocycles. The third kappa shape index (κ3) is 1.61. The van der Waals surface area contributed by atoms with Gasteiger partial charge in [0.15, 0.2) is 6.79 Å². The number of hydrogen-bond acceptors (Lipinski definition) is 3. The van der Waals surface area contributed by atoms with Crippen LogP contribution < -0.4 is 10.5 Å². The summed E-state index contributed by atoms with van der Waals surface area (Å²) in [5.74, 6) is 0.864. The Morgan fingerprint density at radius 3 is 2.73 bits per heavy atom. The van der Waals surface area contributed by atoms with Gasteiger partial charge in [0.25, 0.3) is 0 Å². The van der Waals surface area contributed by atoms with Gasteiger partial charge in [-0.05, 0) is 25.0 Å². The maximum absolute atomic E-state index is 6.23. The lowest BCUT2D eigenvalue weighted by Gasteiger charge is -2.24. The molecule has 0 aliphatic carbocycles. The Balaban J connectivity index is 2.70. The van der Waals surface area contributed by atoms with E-state index in [2.05, 4.69) is 0 Å². The van der Waals surface area contributed by atoms with E-state index in [9.17, 15) is 0 Å². The average molecular weight is 228 g/mol. The fraction of sp³-hybridized carbons (Fsp3) is 0.455. The molecule has 1 heterocycles. The highest BCUT2D eigenvalue weighted by atomic mass is 35.5. The summed E-state index contributed by atoms with van der Waals surface area (Å²) in [6.07, 6.45) is 0. The van der Waals surface area contributed by atoms with Gasteiger partial charge in [-0.25, -0.2) is 0 Å². The van der Waals surface area contributed by atoms with E-state index in [1.807, 2.05) is 13.8 Å². The zero-order valence-corrected chi connectivity index (χ0v) is 9.65. The van der Waals surface area contributed by atoms with E-state index in [-0.39, 0.29) is 0 Å². The van der Waals surface area contributed by atoms with Gasteiger partial charge < -0.3 is 15.2 Å². The molecule has 1 aromatic rings. The molecular weight excluding hydrogens is 214 g/mol. The van der Waals surface area contributed by atoms with Gasteiger partial charge in [-0.3, -0.25) is 0 Å². The number of nitrogens with two attached hydrogens (primary N) is 1. The molecule has 0 atom stereocenters. The minimum Gasteiger partial charge on any atom is -0.467 e. The molecule has 15 heavy (non-hydrogen) atoms. The van der Waals surface area contributed by atoms with Gasteiger partial charge in [0.05, 0.1) is 6.61 Å². The minimum absolute atomic E-state index is 0.292. The van der Waals surface area contributed by atoms with Gasteiger partial charge in [0, 0.05) is 22.7 Å². The number of fused-ring (bicyclic) bond motifs is 1. The molecule has 2 rings (SSSR count). The standard InChI is InChI=1S/C11H14ClNO2/c1-6-8(3-13)11-9(4-14-5-15-11)7(2)10(6)12/h3-5,13H2,1-2H3. The second-order valence-corrected chi connectivity index (χ2v) is 4.04. The zero-order valence-electron chi connectivity index (χ0n) is 8.89. The first-order valence-corrected chi connectivity index (χ1v) is 5.25. The van der Waals surface area contributed by atoms with Crippen molar-refractivity contribution in [3.63, 3.8) is 0 Å². The molecule has 1 aromatic carbocycles. The molecule has 0 saturated heterocycles. The van der Waals surface area contributed by atoms with Crippen molar-refractivity contribution < 1.29 is 9.47 Å². The third-order valence-corrected chi connectivity index (χ3v) is 3.42. The lowest BCUT2D eigenvalue weighted by molar-refractivity contribution is -0.0174. The Hall–Kier alpha value is -0.770. The maximum atomic E-state index is 6.23. The van der Waals surface area contributed by atoms with Crippen LogP contribution >= 0.6 is 11.6 Å². The summed E-state index contributed by atoms with van der Waals surface area (Å²) in [7, 11) is 0. The molecule has 3 nitrogen and oxygen atoms in total. The number of halogens is 1. The highest BCUT2D eigenvalue weighted by molar-refractivity contribution is 6.32. The average Bonchev–Trinajstić information content (AvgIpc) is 2.27. The molecule has 2 N–H and O–H groups in total. The molecule has 0 amide bonds. The summed E-state index contributed by atoms with van der Waals surface area (Å²) in [4.78, 5) is 0. The molecule has 82 valence electrons. The summed E-state index contributed by atoms with van der Waals surface area (Å²) in [5.41, 5.74) is 9.77. The quantitative estimate of drug-likeness (QED) is 0.801. The van der Waals surface area contributed by atoms with Crippen molar-refractivity contribution in [2.45, 2.75) is 27.0 Å². The van der Waals surface area contributed by atoms with Crippen LogP contribution in [0, 0.1) is 13.8 Å². The topological polar surface area (TPSA) is 44.5 Å². The van der Waals surface area contributed by atoms with Gasteiger partial charge in [-0.2, -0.15) is 0 Å². The van der Waals surface area contributed by atoms with Crippen LogP contribution in [0.4, 0.5) is 0 Å². The van der Waals surface area contributed by atoms with Gasteiger partial charge in [-0.1, -0.05) is 11.6 Å². The highest BCUT2D eigenvalue weighted by Crippen LogP contribution is 2.38. The summed E-state index contributed by atoms with van der Waals surface area (Å²) >= 11 is 6.23. The smallest absolute Gasteiger partial charge is 0.189 e. The van der Waals surface area contributed by atoms with Crippen LogP contribution in [0.15, 0.2) is 0 Å². The molecule has 4 heteroatoms. The SMILES string of the molecule is Cc1c(Cl)c(C)c2c(c1CN)OCOC2. The molecule has 0 radical (unpaired) electrons. The van der Waals surface area contributed by atoms with E-state index in [0.29, 0.717) is 19.9 Å². The van der Waals surface area contributed by atoms with Crippen LogP contribution in [0.1, 0.15) is 22.3 Å². The van der Waals surface area contributed by atoms with E-state index in [1.165, 1.54) is 0 Å². The molecule has 0 saturated carbocycles. The van der Waals surface area contributed by atoms with Crippen LogP contribution in [0.5, 0.6) is 5.75 Å². The normalized spacial score (nSPS) is 14.7. The Labute approximate surface area is 94.1 Å². The molecule has 0 fully saturated rings. The first-order chi connectivity index (χ1) is 7.16. The summed E-state index contributed by atoms with van der Waals surface area (Å²) in [6.45, 7) is 5.23. The number of benzene rings is 1. The van der Waals surface area contributed by atoms with Crippen LogP contribution in [-0.2, 0) is 17.9 Å². The highest BCUT2D eigenvalue weighted by Gasteiger charge is 2.21. The van der Waals surface area contributed by atoms with E-state index in [4.69, 9.17) is 26.8 Å². The van der Waals surface area contributed by atoms with E-state index < -0.39 is 0 Å². The lowest BCUT2D eigenvalue weighted by Crippen LogP contribution is -2.17. The van der Waals surface area contributed by atoms with E-state index in [0.717, 1.165) is 33.0 Å². The van der Waals surface area contributed by atoms with Crippen LogP contribution in [0.2, 0.25) is 5.02 Å². The van der Waals surface area contributed by atoms with Gasteiger partial charge in [0.2, 0.25) is 0 Å². The minimum atomic E-state index is 0.292. The molecule has 1 aliphatic rings. The second kappa shape index (κ2) is 4.00. The van der Waals surface area contributed by atoms with Gasteiger partial charge >= 0.3 is 0 Å². The number of rotatable bonds is 1. The van der Waals surface area contributed by atoms with Crippen LogP contribution in [0.3, 0.4) is 0 Å². The summed E-state index contributed by atoms with van der Waals surface area (Å²) in [6, 6.07) is 0. The molecule has 0 bridgehead atoms. The Morgan fingerprint density at radius 2 is 2.07 bits per heavy atom. The number of hydrogen-bond donors (Lipinski definition) is 1. The van der Waals surface area contributed by atoms with Gasteiger partial charge in [-0.15, -0.1) is 0 Å². The molecule has 0 aromatic heterocycles. The van der Waals surface area contributed by atoms with Crippen LogP contribution in [0.25, 0.3) is 0 Å². The third-order valence-electron chi connectivity index (χ3n) is 2.85. The van der Waals surface area contributed by atoms with Crippen molar-refractivity contribution >= 4 is 11.6 Å². The van der Waals surface area contributed by atoms with Crippen LogP contribution in [-0.4, -0.2) is 6.79 Å². The summed E-state index contributed by atoms with van der Waals surface area (Å²) < 4.78 is 10.8. The molecular formula is C11H14ClNO2. The van der Waals surface area contributed by atoms with Gasteiger partial charge in [0.1, 0.15) is 5.75 Å². The van der Waals surface area contributed by atoms with Crippen molar-refractivity contribution in [1.82, 2.24) is 0 Å². The maximum Gasteiger partial charge on any atom is 0.189 e. The first kappa shape index (κ1) is 10.7.